The smallest absolute Gasteiger partial charge is 0.314 e. The van der Waals surface area contributed by atoms with Crippen molar-refractivity contribution < 1.29 is 33.5 Å². The van der Waals surface area contributed by atoms with Gasteiger partial charge in [-0.15, -0.1) is 0 Å². The number of likely N-dealkylation sites (N-methyl/N-ethyl adjacent to an activating group) is 2. The molecule has 0 spiro atoms. The first-order chi connectivity index (χ1) is 35.9. The Labute approximate surface area is 441 Å². The maximum atomic E-state index is 14.1. The van der Waals surface area contributed by atoms with Crippen molar-refractivity contribution in [1.82, 2.24) is 44.2 Å². The van der Waals surface area contributed by atoms with Crippen LogP contribution in [-0.2, 0) is 33.5 Å². The van der Waals surface area contributed by atoms with Gasteiger partial charge >= 0.3 is 23.6 Å². The van der Waals surface area contributed by atoms with E-state index in [4.69, 9.17) is 10.5 Å². The predicted molar refractivity (Wildman–Crippen MR) is 287 cm³/mol. The molecule has 5 aliphatic heterocycles. The molecule has 20 nitrogen and oxygen atoms in total. The van der Waals surface area contributed by atoms with E-state index in [0.29, 0.717) is 30.9 Å². The van der Waals surface area contributed by atoms with Gasteiger partial charge in [0.1, 0.15) is 0 Å². The van der Waals surface area contributed by atoms with Crippen molar-refractivity contribution >= 4 is 63.4 Å². The number of rotatable bonds is 8. The molecule has 3 N–H and O–H groups in total. The lowest BCUT2D eigenvalue weighted by Crippen LogP contribution is -2.59. The second kappa shape index (κ2) is 23.9. The normalized spacial score (nSPS) is 23.0. The lowest BCUT2D eigenvalue weighted by molar-refractivity contribution is -0.153. The quantitative estimate of drug-likeness (QED) is 0.240. The summed E-state index contributed by atoms with van der Waals surface area (Å²) in [5.74, 6) is -3.30. The number of nitrogens with one attached hydrogen (secondary N) is 1. The summed E-state index contributed by atoms with van der Waals surface area (Å²) >= 11 is 0. The molecule has 75 heavy (non-hydrogen) atoms. The predicted octanol–water partition coefficient (Wildman–Crippen LogP) is 3.96. The van der Waals surface area contributed by atoms with Crippen LogP contribution < -0.4 is 20.9 Å². The van der Waals surface area contributed by atoms with Gasteiger partial charge in [0.15, 0.2) is 6.23 Å². The van der Waals surface area contributed by atoms with Crippen molar-refractivity contribution in [2.24, 2.45) is 17.6 Å². The largest absolute Gasteiger partial charge is 0.369 e. The first-order valence-corrected chi connectivity index (χ1v) is 26.7. The second-order valence-corrected chi connectivity index (χ2v) is 21.6. The molecule has 0 saturated carbocycles. The summed E-state index contributed by atoms with van der Waals surface area (Å²) < 4.78 is 7.75. The van der Waals surface area contributed by atoms with Crippen molar-refractivity contribution in [2.75, 3.05) is 114 Å². The van der Waals surface area contributed by atoms with Gasteiger partial charge in [0.2, 0.25) is 11.8 Å². The number of piperazine rings is 4. The summed E-state index contributed by atoms with van der Waals surface area (Å²) in [7, 11) is 4.24. The van der Waals surface area contributed by atoms with Gasteiger partial charge in [-0.3, -0.25) is 33.8 Å². The number of benzene rings is 2. The number of ether oxygens (including phenoxy) is 1. The van der Waals surface area contributed by atoms with Gasteiger partial charge in [-0.25, -0.2) is 4.68 Å². The Kier molecular flexibility index (Phi) is 17.4. The molecule has 2 aromatic carbocycles. The van der Waals surface area contributed by atoms with E-state index in [1.165, 1.54) is 4.90 Å². The molecular formula is C55H77N13O7. The number of hydrogen-bond donors (Lipinski definition) is 2. The summed E-state index contributed by atoms with van der Waals surface area (Å²) in [6.07, 6.45) is 7.55. The zero-order valence-corrected chi connectivity index (χ0v) is 45.1. The molecule has 5 saturated heterocycles. The highest BCUT2D eigenvalue weighted by Gasteiger charge is 2.42. The molecule has 9 rings (SSSR count). The van der Waals surface area contributed by atoms with Crippen LogP contribution in [0.25, 0.3) is 10.9 Å². The van der Waals surface area contributed by atoms with Gasteiger partial charge in [0.25, 0.3) is 0 Å². The number of primary amides is 1. The zero-order chi connectivity index (χ0) is 53.7. The molecule has 20 heteroatoms. The lowest BCUT2D eigenvalue weighted by Gasteiger charge is -2.46. The van der Waals surface area contributed by atoms with Crippen molar-refractivity contribution in [2.45, 2.75) is 91.2 Å². The maximum absolute atomic E-state index is 14.1. The molecular weight excluding hydrogens is 955 g/mol. The fourth-order valence-electron chi connectivity index (χ4n) is 10.9. The average molecular weight is 1030 g/mol. The van der Waals surface area contributed by atoms with Crippen LogP contribution in [0.1, 0.15) is 90.2 Å². The van der Waals surface area contributed by atoms with Crippen molar-refractivity contribution in [1.29, 1.82) is 0 Å². The number of carbonyl (C=O) groups excluding carboxylic acids is 6. The first-order valence-electron chi connectivity index (χ1n) is 26.7. The Hall–Kier alpha value is -6.64. The number of aromatic nitrogens is 3. The molecule has 0 radical (unpaired) electrons. The van der Waals surface area contributed by atoms with Crippen molar-refractivity contribution in [3.8, 4) is 0 Å². The molecule has 7 heterocycles. The minimum absolute atomic E-state index is 0.0372. The number of nitrogens with zero attached hydrogens (tertiary/aromatic N) is 11. The van der Waals surface area contributed by atoms with E-state index in [-0.39, 0.29) is 55.1 Å². The lowest BCUT2D eigenvalue weighted by atomic mass is 9.97. The maximum Gasteiger partial charge on any atom is 0.314 e. The fourth-order valence-corrected chi connectivity index (χ4v) is 10.9. The molecule has 0 bridgehead atoms. The summed E-state index contributed by atoms with van der Waals surface area (Å²) in [6, 6.07) is 14.9. The van der Waals surface area contributed by atoms with E-state index >= 15 is 0 Å². The van der Waals surface area contributed by atoms with Gasteiger partial charge in [0.05, 0.1) is 35.7 Å². The van der Waals surface area contributed by atoms with Crippen LogP contribution in [0.2, 0.25) is 0 Å². The highest BCUT2D eigenvalue weighted by Crippen LogP contribution is 2.35. The number of carbonyl (C=O) groups is 6. The number of nitrogens with two attached hydrogens (primary N) is 1. The van der Waals surface area contributed by atoms with Gasteiger partial charge in [-0.05, 0) is 82.6 Å². The Morgan fingerprint density at radius 1 is 0.640 bits per heavy atom. The van der Waals surface area contributed by atoms with Crippen LogP contribution in [0.15, 0.2) is 67.1 Å². The zero-order valence-electron chi connectivity index (χ0n) is 45.1. The Morgan fingerprint density at radius 2 is 1.15 bits per heavy atom. The minimum atomic E-state index is -0.967. The molecule has 1 unspecified atom stereocenters. The fraction of sp³-hybridized carbons (Fsp3) is 0.564. The molecule has 0 aliphatic carbocycles. The molecule has 5 fully saturated rings. The summed E-state index contributed by atoms with van der Waals surface area (Å²) in [5.41, 5.74) is 10.4. The summed E-state index contributed by atoms with van der Waals surface area (Å²) in [5, 5.41) is 8.14. The third-order valence-corrected chi connectivity index (χ3v) is 15.4. The number of hydrogen-bond acceptors (Lipinski definition) is 13. The van der Waals surface area contributed by atoms with E-state index in [2.05, 4.69) is 73.4 Å². The van der Waals surface area contributed by atoms with Crippen LogP contribution in [0.4, 0.5) is 17.1 Å². The van der Waals surface area contributed by atoms with E-state index < -0.39 is 35.7 Å². The number of amides is 6. The second-order valence-electron chi connectivity index (χ2n) is 21.6. The molecule has 5 atom stereocenters. The highest BCUT2D eigenvalue weighted by atomic mass is 16.5. The van der Waals surface area contributed by atoms with E-state index in [9.17, 15) is 28.8 Å². The van der Waals surface area contributed by atoms with E-state index in [1.807, 2.05) is 75.6 Å². The van der Waals surface area contributed by atoms with Crippen LogP contribution in [0.5, 0.6) is 0 Å². The standard InChI is InChI=1S/C33H44N8O4.C22H33N5O3/c1-22(2)32(43)39-21-28(24-8-7-9-26(16-24)38-13-11-37(4)12-14-38)40(20-23(39)3)33(44)31(42)36-27-19-34-17-25-18-35-41(30(25)27)29-10-5-6-15-45-29;1-15(2)21(29)26-14-19(27(13-16(26)3)22(30)20(23)28)17-6-5-7-18(12-17)25-10-8-24(4)9-11-25/h7-9,16-19,22-23,28-29H,5-6,10-15,20-21H2,1-4H3,(H,36,42);5-7,12,15-16,19H,8-11,13-14H2,1-4H3,(H2,23,28)/t23-,28-,29?;16-,19-/m11/s1. The Bertz CT molecular complexity index is 2690. The third-order valence-electron chi connectivity index (χ3n) is 15.4. The number of fused-ring (bicyclic) bond motifs is 1. The Balaban J connectivity index is 0.000000217. The molecule has 5 aliphatic rings. The molecule has 2 aromatic heterocycles. The van der Waals surface area contributed by atoms with Gasteiger partial charge in [-0.2, -0.15) is 5.10 Å². The monoisotopic (exact) mass is 1030 g/mol. The van der Waals surface area contributed by atoms with E-state index in [0.717, 1.165) is 99.5 Å². The van der Waals surface area contributed by atoms with Crippen LogP contribution in [0, 0.1) is 11.8 Å². The molecule has 404 valence electrons. The highest BCUT2D eigenvalue weighted by molar-refractivity contribution is 6.40. The third kappa shape index (κ3) is 12.4. The van der Waals surface area contributed by atoms with Crippen molar-refractivity contribution in [3.05, 3.63) is 78.2 Å². The number of anilines is 3. The van der Waals surface area contributed by atoms with Crippen LogP contribution in [0.3, 0.4) is 0 Å². The topological polar surface area (TPSA) is 206 Å². The van der Waals surface area contributed by atoms with Crippen molar-refractivity contribution in [3.63, 3.8) is 0 Å². The number of pyridine rings is 1. The summed E-state index contributed by atoms with van der Waals surface area (Å²) in [6.45, 7) is 20.8. The molecule has 6 amide bonds. The first kappa shape index (κ1) is 54.6. The SMILES string of the molecule is CC(C)C(=O)N1C[C@H](c2cccc(N3CCN(C)CC3)c2)N(C(=O)C(=O)Nc2cncc3cnn(C4CCCCO4)c23)C[C@H]1C.CC(C)C(=O)N1C[C@H](c2cccc(N3CCN(C)CC3)c2)N(C(=O)C(N)=O)C[C@H]1C. The Morgan fingerprint density at radius 3 is 1.61 bits per heavy atom. The van der Waals surface area contributed by atoms with E-state index in [1.54, 1.807) is 28.2 Å². The van der Waals surface area contributed by atoms with Gasteiger partial charge in [-0.1, -0.05) is 52.0 Å². The summed E-state index contributed by atoms with van der Waals surface area (Å²) in [4.78, 5) is 98.5. The molecule has 4 aromatic rings. The van der Waals surface area contributed by atoms with Crippen LogP contribution >= 0.6 is 0 Å². The minimum Gasteiger partial charge on any atom is -0.369 e. The average Bonchev–Trinajstić information content (AvgIpc) is 3.86. The van der Waals surface area contributed by atoms with Gasteiger partial charge in [0, 0.05) is 132 Å². The van der Waals surface area contributed by atoms with Gasteiger partial charge < -0.3 is 55.0 Å². The van der Waals surface area contributed by atoms with Crippen LogP contribution in [-0.4, -0.2) is 191 Å².